The molecule has 2 heterocycles. The summed E-state index contributed by atoms with van der Waals surface area (Å²) >= 11 is 5.86. The van der Waals surface area contributed by atoms with Gasteiger partial charge in [-0.15, -0.1) is 5.10 Å². The predicted molar refractivity (Wildman–Crippen MR) is 103 cm³/mol. The van der Waals surface area contributed by atoms with E-state index in [1.54, 1.807) is 24.3 Å². The van der Waals surface area contributed by atoms with Crippen molar-refractivity contribution in [3.05, 3.63) is 81.6 Å². The minimum Gasteiger partial charge on any atom is -0.310 e. The van der Waals surface area contributed by atoms with Gasteiger partial charge in [-0.3, -0.25) is 14.6 Å². The summed E-state index contributed by atoms with van der Waals surface area (Å²) in [5, 5.41) is 7.72. The largest absolute Gasteiger partial charge is 0.310 e. The highest BCUT2D eigenvalue weighted by Crippen LogP contribution is 2.17. The van der Waals surface area contributed by atoms with Gasteiger partial charge in [0.1, 0.15) is 5.82 Å². The first kappa shape index (κ1) is 17.0. The van der Waals surface area contributed by atoms with Gasteiger partial charge in [0.15, 0.2) is 5.82 Å². The zero-order valence-electron chi connectivity index (χ0n) is 14.0. The first-order chi connectivity index (χ1) is 13.1. The maximum absolute atomic E-state index is 12.4. The van der Waals surface area contributed by atoms with Crippen molar-refractivity contribution in [3.8, 4) is 11.4 Å². The third-order valence-corrected chi connectivity index (χ3v) is 4.17. The lowest BCUT2D eigenvalue weighted by molar-refractivity contribution is -0.115. The van der Waals surface area contributed by atoms with Crippen LogP contribution in [0.2, 0.25) is 5.02 Å². The van der Waals surface area contributed by atoms with E-state index in [2.05, 4.69) is 20.4 Å². The summed E-state index contributed by atoms with van der Waals surface area (Å²) in [6.45, 7) is 0. The van der Waals surface area contributed by atoms with Crippen LogP contribution < -0.4 is 10.9 Å². The van der Waals surface area contributed by atoms with Gasteiger partial charge in [-0.05, 0) is 17.7 Å². The van der Waals surface area contributed by atoms with Gasteiger partial charge >= 0.3 is 0 Å². The second kappa shape index (κ2) is 7.05. The third kappa shape index (κ3) is 3.73. The highest BCUT2D eigenvalue weighted by molar-refractivity contribution is 6.30. The van der Waals surface area contributed by atoms with Crippen molar-refractivity contribution in [3.63, 3.8) is 0 Å². The Kier molecular flexibility index (Phi) is 4.43. The molecule has 0 saturated heterocycles. The first-order valence-corrected chi connectivity index (χ1v) is 8.56. The third-order valence-electron chi connectivity index (χ3n) is 3.92. The first-order valence-electron chi connectivity index (χ1n) is 8.18. The van der Waals surface area contributed by atoms with E-state index < -0.39 is 0 Å². The lowest BCUT2D eigenvalue weighted by Crippen LogP contribution is -2.20. The molecule has 0 aliphatic rings. The average Bonchev–Trinajstić information content (AvgIpc) is 3.08. The fourth-order valence-corrected chi connectivity index (χ4v) is 2.79. The van der Waals surface area contributed by atoms with Crippen LogP contribution in [0.1, 0.15) is 5.56 Å². The molecule has 4 aromatic rings. The summed E-state index contributed by atoms with van der Waals surface area (Å²) in [6.07, 6.45) is 0.145. The number of H-pyrrole nitrogens is 1. The van der Waals surface area contributed by atoms with Crippen LogP contribution in [-0.2, 0) is 11.2 Å². The quantitative estimate of drug-likeness (QED) is 0.570. The summed E-state index contributed by atoms with van der Waals surface area (Å²) in [5.74, 6) is 0.678. The van der Waals surface area contributed by atoms with E-state index in [0.717, 1.165) is 11.1 Å². The smallest absolute Gasteiger partial charge is 0.254 e. The molecule has 134 valence electrons. The van der Waals surface area contributed by atoms with E-state index in [1.165, 1.54) is 10.6 Å². The zero-order chi connectivity index (χ0) is 18.8. The van der Waals surface area contributed by atoms with Crippen molar-refractivity contribution in [2.24, 2.45) is 0 Å². The maximum Gasteiger partial charge on any atom is 0.254 e. The number of hydrogen-bond donors (Lipinski definition) is 2. The number of carbonyl (C=O) groups excluding carboxylic acids is 1. The molecule has 0 atom stereocenters. The molecule has 2 aromatic heterocycles. The van der Waals surface area contributed by atoms with Crippen LogP contribution in [0.15, 0.2) is 65.5 Å². The van der Waals surface area contributed by atoms with Crippen LogP contribution in [-0.4, -0.2) is 25.5 Å². The Bertz CT molecular complexity index is 1170. The Morgan fingerprint density at radius 3 is 2.59 bits per heavy atom. The molecule has 0 fully saturated rings. The Labute approximate surface area is 158 Å². The molecular weight excluding hydrogens is 366 g/mol. The van der Waals surface area contributed by atoms with E-state index in [-0.39, 0.29) is 29.5 Å². The number of aromatic nitrogens is 4. The van der Waals surface area contributed by atoms with E-state index in [1.807, 2.05) is 30.3 Å². The van der Waals surface area contributed by atoms with Crippen LogP contribution in [0.25, 0.3) is 17.2 Å². The van der Waals surface area contributed by atoms with Gasteiger partial charge in [0.2, 0.25) is 11.7 Å². The van der Waals surface area contributed by atoms with Crippen molar-refractivity contribution < 1.29 is 4.79 Å². The van der Waals surface area contributed by atoms with Gasteiger partial charge in [-0.2, -0.15) is 9.50 Å². The van der Waals surface area contributed by atoms with Gasteiger partial charge in [-0.1, -0.05) is 54.1 Å². The lowest BCUT2D eigenvalue weighted by Gasteiger charge is -2.06. The monoisotopic (exact) mass is 379 g/mol. The number of nitrogens with one attached hydrogen (secondary N) is 2. The molecule has 2 N–H and O–H groups in total. The number of hydrogen-bond acceptors (Lipinski definition) is 4. The molecule has 0 aliphatic carbocycles. The molecule has 0 unspecified atom stereocenters. The van der Waals surface area contributed by atoms with E-state index in [9.17, 15) is 9.59 Å². The molecular formula is C19H14ClN5O2. The molecule has 0 aliphatic heterocycles. The fraction of sp³-hybridized carbons (Fsp3) is 0.0526. The number of benzene rings is 2. The van der Waals surface area contributed by atoms with Crippen molar-refractivity contribution in [1.29, 1.82) is 0 Å². The molecule has 0 bridgehead atoms. The van der Waals surface area contributed by atoms with E-state index >= 15 is 0 Å². The normalized spacial score (nSPS) is 10.9. The van der Waals surface area contributed by atoms with Gasteiger partial charge in [0.25, 0.3) is 5.56 Å². The highest BCUT2D eigenvalue weighted by Gasteiger charge is 2.13. The zero-order valence-corrected chi connectivity index (χ0v) is 14.8. The summed E-state index contributed by atoms with van der Waals surface area (Å²) in [7, 11) is 0. The van der Waals surface area contributed by atoms with Crippen molar-refractivity contribution in [1.82, 2.24) is 19.6 Å². The van der Waals surface area contributed by atoms with E-state index in [0.29, 0.717) is 10.8 Å². The number of aromatic amines is 1. The molecule has 2 aromatic carbocycles. The van der Waals surface area contributed by atoms with Gasteiger partial charge in [0, 0.05) is 16.7 Å². The summed E-state index contributed by atoms with van der Waals surface area (Å²) in [5.41, 5.74) is 1.23. The summed E-state index contributed by atoms with van der Waals surface area (Å²) in [4.78, 5) is 31.3. The Morgan fingerprint density at radius 1 is 1.11 bits per heavy atom. The Balaban J connectivity index is 1.64. The molecule has 1 amide bonds. The SMILES string of the molecule is O=C(Cc1ccc(Cl)cc1)Nc1cc(=O)[nH]c2nc(-c3ccccc3)nn12. The molecule has 7 nitrogen and oxygen atoms in total. The standard InChI is InChI=1S/C19H14ClN5O2/c20-14-8-6-12(7-9-14)10-16(26)21-15-11-17(27)22-19-23-18(24-25(15)19)13-4-2-1-3-5-13/h1-9,11H,10H2,(H,21,26)(H,22,23,24,27). The summed E-state index contributed by atoms with van der Waals surface area (Å²) in [6, 6.07) is 17.6. The molecule has 0 spiro atoms. The second-order valence-corrected chi connectivity index (χ2v) is 6.34. The molecule has 4 rings (SSSR count). The van der Waals surface area contributed by atoms with Crippen molar-refractivity contribution >= 4 is 29.1 Å². The van der Waals surface area contributed by atoms with Gasteiger partial charge in [-0.25, -0.2) is 0 Å². The highest BCUT2D eigenvalue weighted by atomic mass is 35.5. The minimum absolute atomic E-state index is 0.145. The predicted octanol–water partition coefficient (Wildman–Crippen LogP) is 2.92. The second-order valence-electron chi connectivity index (χ2n) is 5.91. The van der Waals surface area contributed by atoms with Gasteiger partial charge in [0.05, 0.1) is 6.42 Å². The van der Waals surface area contributed by atoms with Crippen molar-refractivity contribution in [2.45, 2.75) is 6.42 Å². The number of amides is 1. The number of fused-ring (bicyclic) bond motifs is 1. The molecule has 0 radical (unpaired) electrons. The number of rotatable bonds is 4. The Morgan fingerprint density at radius 2 is 1.85 bits per heavy atom. The molecule has 27 heavy (non-hydrogen) atoms. The maximum atomic E-state index is 12.4. The van der Waals surface area contributed by atoms with Crippen LogP contribution in [0.4, 0.5) is 5.82 Å². The van der Waals surface area contributed by atoms with Crippen LogP contribution >= 0.6 is 11.6 Å². The number of halogens is 1. The topological polar surface area (TPSA) is 92.1 Å². The number of nitrogens with zero attached hydrogens (tertiary/aromatic N) is 3. The average molecular weight is 380 g/mol. The molecule has 8 heteroatoms. The van der Waals surface area contributed by atoms with Gasteiger partial charge < -0.3 is 5.32 Å². The molecule has 0 saturated carbocycles. The van der Waals surface area contributed by atoms with Crippen LogP contribution in [0.5, 0.6) is 0 Å². The van der Waals surface area contributed by atoms with Crippen molar-refractivity contribution in [2.75, 3.05) is 5.32 Å². The van der Waals surface area contributed by atoms with Crippen LogP contribution in [0, 0.1) is 0 Å². The lowest BCUT2D eigenvalue weighted by atomic mass is 10.1. The number of anilines is 1. The van der Waals surface area contributed by atoms with Crippen LogP contribution in [0.3, 0.4) is 0 Å². The summed E-state index contributed by atoms with van der Waals surface area (Å²) < 4.78 is 1.41. The fourth-order valence-electron chi connectivity index (χ4n) is 2.67. The minimum atomic E-state index is -0.378. The number of carbonyl (C=O) groups is 1. The van der Waals surface area contributed by atoms with E-state index in [4.69, 9.17) is 11.6 Å². The Hall–Kier alpha value is -3.45.